The van der Waals surface area contributed by atoms with Crippen LogP contribution in [0.25, 0.3) is 0 Å². The molecule has 2 rings (SSSR count). The summed E-state index contributed by atoms with van der Waals surface area (Å²) in [5.41, 5.74) is 8.07. The number of rotatable bonds is 3. The van der Waals surface area contributed by atoms with Crippen LogP contribution in [0.15, 0.2) is 48.5 Å². The summed E-state index contributed by atoms with van der Waals surface area (Å²) in [6, 6.07) is 15.8. The van der Waals surface area contributed by atoms with Crippen molar-refractivity contribution in [2.45, 2.75) is 19.9 Å². The number of para-hydroxylation sites is 2. The quantitative estimate of drug-likeness (QED) is 0.865. The van der Waals surface area contributed by atoms with Gasteiger partial charge < -0.3 is 10.5 Å². The molecule has 0 bridgehead atoms. The molecule has 0 aromatic heterocycles. The minimum Gasteiger partial charge on any atom is -0.457 e. The van der Waals surface area contributed by atoms with Gasteiger partial charge in [-0.25, -0.2) is 0 Å². The number of ether oxygens (including phenoxy) is 1. The SMILES string of the molecule is Cc1ccccc1Oc1ccccc1C(C)N. The molecule has 2 aromatic rings. The molecule has 1 atom stereocenters. The van der Waals surface area contributed by atoms with Crippen molar-refractivity contribution < 1.29 is 4.74 Å². The second kappa shape index (κ2) is 5.02. The molecule has 0 aliphatic carbocycles. The monoisotopic (exact) mass is 227 g/mol. The number of hydrogen-bond acceptors (Lipinski definition) is 2. The topological polar surface area (TPSA) is 35.2 Å². The van der Waals surface area contributed by atoms with E-state index in [4.69, 9.17) is 10.5 Å². The molecular formula is C15H17NO. The number of nitrogens with two attached hydrogens (primary N) is 1. The maximum atomic E-state index is 5.93. The van der Waals surface area contributed by atoms with Gasteiger partial charge in [0.15, 0.2) is 0 Å². The van der Waals surface area contributed by atoms with Crippen molar-refractivity contribution in [1.29, 1.82) is 0 Å². The highest BCUT2D eigenvalue weighted by Crippen LogP contribution is 2.30. The first-order valence-electron chi connectivity index (χ1n) is 5.76. The van der Waals surface area contributed by atoms with Crippen LogP contribution >= 0.6 is 0 Å². The Balaban J connectivity index is 2.34. The molecule has 0 aliphatic heterocycles. The van der Waals surface area contributed by atoms with Gasteiger partial charge >= 0.3 is 0 Å². The van der Waals surface area contributed by atoms with E-state index >= 15 is 0 Å². The Bertz CT molecular complexity index is 506. The smallest absolute Gasteiger partial charge is 0.132 e. The largest absolute Gasteiger partial charge is 0.457 e. The van der Waals surface area contributed by atoms with E-state index in [-0.39, 0.29) is 6.04 Å². The molecule has 17 heavy (non-hydrogen) atoms. The molecule has 2 heteroatoms. The highest BCUT2D eigenvalue weighted by Gasteiger charge is 2.08. The van der Waals surface area contributed by atoms with Crippen molar-refractivity contribution in [2.24, 2.45) is 5.73 Å². The van der Waals surface area contributed by atoms with Crippen LogP contribution in [-0.2, 0) is 0 Å². The minimum atomic E-state index is -0.0322. The third-order valence-electron chi connectivity index (χ3n) is 2.72. The van der Waals surface area contributed by atoms with Crippen molar-refractivity contribution in [2.75, 3.05) is 0 Å². The predicted octanol–water partition coefficient (Wildman–Crippen LogP) is 3.81. The Morgan fingerprint density at radius 1 is 0.941 bits per heavy atom. The first kappa shape index (κ1) is 11.7. The lowest BCUT2D eigenvalue weighted by molar-refractivity contribution is 0.468. The molecule has 0 fully saturated rings. The lowest BCUT2D eigenvalue weighted by Crippen LogP contribution is -2.06. The maximum Gasteiger partial charge on any atom is 0.132 e. The molecule has 0 saturated carbocycles. The molecule has 0 spiro atoms. The van der Waals surface area contributed by atoms with Gasteiger partial charge in [-0.2, -0.15) is 0 Å². The van der Waals surface area contributed by atoms with Gasteiger partial charge in [-0.15, -0.1) is 0 Å². The second-order valence-electron chi connectivity index (χ2n) is 4.19. The van der Waals surface area contributed by atoms with E-state index in [0.29, 0.717) is 0 Å². The Hall–Kier alpha value is -1.80. The van der Waals surface area contributed by atoms with Crippen LogP contribution in [0.2, 0.25) is 0 Å². The molecule has 88 valence electrons. The highest BCUT2D eigenvalue weighted by molar-refractivity contribution is 5.41. The van der Waals surface area contributed by atoms with E-state index in [9.17, 15) is 0 Å². The van der Waals surface area contributed by atoms with Crippen LogP contribution in [0.3, 0.4) is 0 Å². The van der Waals surface area contributed by atoms with Gasteiger partial charge in [-0.05, 0) is 31.5 Å². The molecule has 2 N–H and O–H groups in total. The molecule has 0 amide bonds. The van der Waals surface area contributed by atoms with Gasteiger partial charge in [-0.3, -0.25) is 0 Å². The Morgan fingerprint density at radius 3 is 2.18 bits per heavy atom. The first-order valence-corrected chi connectivity index (χ1v) is 5.76. The lowest BCUT2D eigenvalue weighted by atomic mass is 10.1. The number of hydrogen-bond donors (Lipinski definition) is 1. The van der Waals surface area contributed by atoms with Crippen LogP contribution in [0.4, 0.5) is 0 Å². The van der Waals surface area contributed by atoms with Crippen LogP contribution < -0.4 is 10.5 Å². The molecule has 2 aromatic carbocycles. The fourth-order valence-corrected chi connectivity index (χ4v) is 1.74. The van der Waals surface area contributed by atoms with Crippen molar-refractivity contribution in [3.8, 4) is 11.5 Å². The van der Waals surface area contributed by atoms with Crippen LogP contribution in [0.5, 0.6) is 11.5 Å². The van der Waals surface area contributed by atoms with E-state index < -0.39 is 0 Å². The fraction of sp³-hybridized carbons (Fsp3) is 0.200. The zero-order valence-corrected chi connectivity index (χ0v) is 10.2. The van der Waals surface area contributed by atoms with Gasteiger partial charge in [0.1, 0.15) is 11.5 Å². The summed E-state index contributed by atoms with van der Waals surface area (Å²) in [7, 11) is 0. The van der Waals surface area contributed by atoms with Gasteiger partial charge in [-0.1, -0.05) is 36.4 Å². The Morgan fingerprint density at radius 2 is 1.53 bits per heavy atom. The summed E-state index contributed by atoms with van der Waals surface area (Å²) in [5, 5.41) is 0. The van der Waals surface area contributed by atoms with E-state index in [1.54, 1.807) is 0 Å². The Kier molecular flexibility index (Phi) is 3.45. The molecule has 0 saturated heterocycles. The zero-order chi connectivity index (χ0) is 12.3. The molecule has 0 aliphatic rings. The van der Waals surface area contributed by atoms with E-state index in [2.05, 4.69) is 0 Å². The van der Waals surface area contributed by atoms with Crippen LogP contribution in [-0.4, -0.2) is 0 Å². The predicted molar refractivity (Wildman–Crippen MR) is 70.3 cm³/mol. The molecule has 0 heterocycles. The number of aryl methyl sites for hydroxylation is 1. The van der Waals surface area contributed by atoms with Crippen molar-refractivity contribution in [3.05, 3.63) is 59.7 Å². The first-order chi connectivity index (χ1) is 8.18. The number of benzene rings is 2. The third kappa shape index (κ3) is 2.66. The van der Waals surface area contributed by atoms with Gasteiger partial charge in [0.05, 0.1) is 0 Å². The fourth-order valence-electron chi connectivity index (χ4n) is 1.74. The van der Waals surface area contributed by atoms with Crippen LogP contribution in [0.1, 0.15) is 24.1 Å². The maximum absolute atomic E-state index is 5.93. The summed E-state index contributed by atoms with van der Waals surface area (Å²) < 4.78 is 5.92. The lowest BCUT2D eigenvalue weighted by Gasteiger charge is -2.14. The summed E-state index contributed by atoms with van der Waals surface area (Å²) in [6.45, 7) is 3.99. The van der Waals surface area contributed by atoms with Crippen molar-refractivity contribution in [1.82, 2.24) is 0 Å². The normalized spacial score (nSPS) is 12.2. The Labute approximate surface area is 102 Å². The second-order valence-corrected chi connectivity index (χ2v) is 4.19. The van der Waals surface area contributed by atoms with Gasteiger partial charge in [0.2, 0.25) is 0 Å². The highest BCUT2D eigenvalue weighted by atomic mass is 16.5. The standard InChI is InChI=1S/C15H17NO/c1-11-7-3-5-9-14(11)17-15-10-6-4-8-13(15)12(2)16/h3-10,12H,16H2,1-2H3. The van der Waals surface area contributed by atoms with E-state index in [0.717, 1.165) is 22.6 Å². The molecule has 2 nitrogen and oxygen atoms in total. The van der Waals surface area contributed by atoms with E-state index in [1.165, 1.54) is 0 Å². The minimum absolute atomic E-state index is 0.0322. The zero-order valence-electron chi connectivity index (χ0n) is 10.2. The molecular weight excluding hydrogens is 210 g/mol. The average Bonchev–Trinajstić information content (AvgIpc) is 2.32. The van der Waals surface area contributed by atoms with Crippen LogP contribution in [0, 0.1) is 6.92 Å². The summed E-state index contributed by atoms with van der Waals surface area (Å²) in [6.07, 6.45) is 0. The third-order valence-corrected chi connectivity index (χ3v) is 2.72. The summed E-state index contributed by atoms with van der Waals surface area (Å²) in [5.74, 6) is 1.71. The van der Waals surface area contributed by atoms with Crippen molar-refractivity contribution >= 4 is 0 Å². The molecule has 0 radical (unpaired) electrons. The van der Waals surface area contributed by atoms with Gasteiger partial charge in [0.25, 0.3) is 0 Å². The summed E-state index contributed by atoms with van der Waals surface area (Å²) >= 11 is 0. The molecule has 1 unspecified atom stereocenters. The summed E-state index contributed by atoms with van der Waals surface area (Å²) in [4.78, 5) is 0. The van der Waals surface area contributed by atoms with Gasteiger partial charge in [0, 0.05) is 11.6 Å². The average molecular weight is 227 g/mol. The van der Waals surface area contributed by atoms with E-state index in [1.807, 2.05) is 62.4 Å². The van der Waals surface area contributed by atoms with Crippen molar-refractivity contribution in [3.63, 3.8) is 0 Å².